The van der Waals surface area contributed by atoms with Gasteiger partial charge < -0.3 is 5.32 Å². The summed E-state index contributed by atoms with van der Waals surface area (Å²) in [6, 6.07) is 10.6. The molecular formula is C27H45N. The molecule has 158 valence electrons. The fraction of sp³-hybridized carbons (Fsp3) is 0.630. The minimum absolute atomic E-state index is 0.895. The van der Waals surface area contributed by atoms with E-state index in [0.717, 1.165) is 13.0 Å². The molecule has 0 aromatic heterocycles. The highest BCUT2D eigenvalue weighted by molar-refractivity contribution is 5.15. The molecule has 1 heteroatoms. The van der Waals surface area contributed by atoms with E-state index in [0.29, 0.717) is 0 Å². The van der Waals surface area contributed by atoms with Crippen LogP contribution in [0.2, 0.25) is 0 Å². The number of unbranched alkanes of at least 4 members (excludes halogenated alkanes) is 12. The van der Waals surface area contributed by atoms with Gasteiger partial charge in [-0.3, -0.25) is 0 Å². The zero-order chi connectivity index (χ0) is 20.1. The normalized spacial score (nSPS) is 11.2. The van der Waals surface area contributed by atoms with Crippen molar-refractivity contribution in [1.82, 2.24) is 5.32 Å². The second-order valence-corrected chi connectivity index (χ2v) is 8.13. The maximum absolute atomic E-state index is 4.16. The van der Waals surface area contributed by atoms with Crippen LogP contribution >= 0.6 is 0 Å². The fourth-order valence-electron chi connectivity index (χ4n) is 3.50. The second kappa shape index (κ2) is 18.8. The zero-order valence-corrected chi connectivity index (χ0v) is 18.6. The van der Waals surface area contributed by atoms with E-state index in [-0.39, 0.29) is 0 Å². The molecule has 0 heterocycles. The highest BCUT2D eigenvalue weighted by Gasteiger charge is 1.96. The van der Waals surface area contributed by atoms with Gasteiger partial charge in [0.25, 0.3) is 0 Å². The number of hydrogen-bond donors (Lipinski definition) is 1. The molecule has 1 rings (SSSR count). The van der Waals surface area contributed by atoms with Crippen molar-refractivity contribution in [2.24, 2.45) is 0 Å². The molecule has 0 saturated carbocycles. The summed E-state index contributed by atoms with van der Waals surface area (Å²) >= 11 is 0. The minimum Gasteiger partial charge on any atom is -0.385 e. The first-order valence-corrected chi connectivity index (χ1v) is 11.9. The van der Waals surface area contributed by atoms with Crippen LogP contribution in [0.5, 0.6) is 0 Å². The van der Waals surface area contributed by atoms with Gasteiger partial charge in [0.1, 0.15) is 0 Å². The second-order valence-electron chi connectivity index (χ2n) is 8.13. The summed E-state index contributed by atoms with van der Waals surface area (Å²) in [6.07, 6.45) is 25.0. The van der Waals surface area contributed by atoms with E-state index in [1.165, 1.54) is 101 Å². The molecule has 0 aliphatic carbocycles. The first kappa shape index (κ1) is 24.5. The van der Waals surface area contributed by atoms with Crippen LogP contribution in [-0.4, -0.2) is 0 Å². The van der Waals surface area contributed by atoms with Crippen molar-refractivity contribution in [3.05, 3.63) is 60.3 Å². The van der Waals surface area contributed by atoms with Gasteiger partial charge in [0.15, 0.2) is 0 Å². The molecule has 1 N–H and O–H groups in total. The van der Waals surface area contributed by atoms with Crippen LogP contribution in [0.1, 0.15) is 109 Å². The summed E-state index contributed by atoms with van der Waals surface area (Å²) in [7, 11) is 0. The molecular weight excluding hydrogens is 338 g/mol. The SMILES string of the molecule is C=C(CCCCCCCCC=CCCCCCCCC)NCc1ccccc1. The molecule has 0 aliphatic heterocycles. The third kappa shape index (κ3) is 15.5. The molecule has 1 nitrogen and oxygen atoms in total. The van der Waals surface area contributed by atoms with E-state index in [1.54, 1.807) is 0 Å². The Labute approximate surface area is 175 Å². The first-order valence-electron chi connectivity index (χ1n) is 11.9. The third-order valence-corrected chi connectivity index (χ3v) is 5.38. The van der Waals surface area contributed by atoms with E-state index >= 15 is 0 Å². The van der Waals surface area contributed by atoms with E-state index in [4.69, 9.17) is 0 Å². The Kier molecular flexibility index (Phi) is 16.5. The van der Waals surface area contributed by atoms with Crippen molar-refractivity contribution < 1.29 is 0 Å². The Morgan fingerprint density at radius 2 is 1.29 bits per heavy atom. The van der Waals surface area contributed by atoms with Crippen LogP contribution in [0.3, 0.4) is 0 Å². The topological polar surface area (TPSA) is 12.0 Å². The monoisotopic (exact) mass is 383 g/mol. The van der Waals surface area contributed by atoms with Crippen LogP contribution in [0.25, 0.3) is 0 Å². The summed E-state index contributed by atoms with van der Waals surface area (Å²) < 4.78 is 0. The maximum atomic E-state index is 4.16. The molecule has 0 spiro atoms. The minimum atomic E-state index is 0.895. The van der Waals surface area contributed by atoms with E-state index in [1.807, 2.05) is 0 Å². The Morgan fingerprint density at radius 1 is 0.750 bits per heavy atom. The van der Waals surface area contributed by atoms with Gasteiger partial charge >= 0.3 is 0 Å². The van der Waals surface area contributed by atoms with Crippen molar-refractivity contribution >= 4 is 0 Å². The molecule has 0 saturated heterocycles. The lowest BCUT2D eigenvalue weighted by Gasteiger charge is -2.09. The third-order valence-electron chi connectivity index (χ3n) is 5.38. The lowest BCUT2D eigenvalue weighted by Crippen LogP contribution is -2.11. The molecule has 0 bridgehead atoms. The molecule has 28 heavy (non-hydrogen) atoms. The number of nitrogens with one attached hydrogen (secondary N) is 1. The molecule has 0 amide bonds. The predicted octanol–water partition coefficient (Wildman–Crippen LogP) is 8.72. The van der Waals surface area contributed by atoms with Gasteiger partial charge in [0.2, 0.25) is 0 Å². The average Bonchev–Trinajstić information content (AvgIpc) is 2.72. The number of rotatable bonds is 19. The zero-order valence-electron chi connectivity index (χ0n) is 18.6. The highest BCUT2D eigenvalue weighted by Crippen LogP contribution is 2.12. The van der Waals surface area contributed by atoms with Crippen molar-refractivity contribution in [2.75, 3.05) is 0 Å². The van der Waals surface area contributed by atoms with Gasteiger partial charge in [-0.25, -0.2) is 0 Å². The smallest absolute Gasteiger partial charge is 0.0397 e. The van der Waals surface area contributed by atoms with Crippen molar-refractivity contribution in [2.45, 2.75) is 110 Å². The predicted molar refractivity (Wildman–Crippen MR) is 126 cm³/mol. The van der Waals surface area contributed by atoms with E-state index in [2.05, 4.69) is 61.3 Å². The van der Waals surface area contributed by atoms with Crippen molar-refractivity contribution in [1.29, 1.82) is 0 Å². The fourth-order valence-corrected chi connectivity index (χ4v) is 3.50. The van der Waals surface area contributed by atoms with Gasteiger partial charge in [0.05, 0.1) is 0 Å². The number of hydrogen-bond acceptors (Lipinski definition) is 1. The Morgan fingerprint density at radius 3 is 1.89 bits per heavy atom. The van der Waals surface area contributed by atoms with Crippen LogP contribution < -0.4 is 5.32 Å². The molecule has 1 aromatic rings. The van der Waals surface area contributed by atoms with E-state index in [9.17, 15) is 0 Å². The molecule has 0 fully saturated rings. The summed E-state index contributed by atoms with van der Waals surface area (Å²) in [6.45, 7) is 7.34. The Balaban J connectivity index is 1.80. The van der Waals surface area contributed by atoms with Gasteiger partial charge in [-0.05, 0) is 44.1 Å². The molecule has 0 radical (unpaired) electrons. The van der Waals surface area contributed by atoms with Crippen LogP contribution in [0.4, 0.5) is 0 Å². The van der Waals surface area contributed by atoms with Gasteiger partial charge in [-0.2, -0.15) is 0 Å². The lowest BCUT2D eigenvalue weighted by molar-refractivity contribution is 0.586. The first-order chi connectivity index (χ1) is 13.8. The highest BCUT2D eigenvalue weighted by atomic mass is 14.9. The summed E-state index contributed by atoms with van der Waals surface area (Å²) in [5, 5.41) is 3.45. The maximum Gasteiger partial charge on any atom is 0.0397 e. The number of allylic oxidation sites excluding steroid dienone is 3. The molecule has 1 aromatic carbocycles. The van der Waals surface area contributed by atoms with Crippen molar-refractivity contribution in [3.8, 4) is 0 Å². The number of benzene rings is 1. The van der Waals surface area contributed by atoms with Crippen LogP contribution in [-0.2, 0) is 6.54 Å². The van der Waals surface area contributed by atoms with Crippen LogP contribution in [0, 0.1) is 0 Å². The largest absolute Gasteiger partial charge is 0.385 e. The van der Waals surface area contributed by atoms with Crippen molar-refractivity contribution in [3.63, 3.8) is 0 Å². The van der Waals surface area contributed by atoms with E-state index < -0.39 is 0 Å². The summed E-state index contributed by atoms with van der Waals surface area (Å²) in [5.41, 5.74) is 2.50. The lowest BCUT2D eigenvalue weighted by atomic mass is 10.1. The van der Waals surface area contributed by atoms with Gasteiger partial charge in [-0.1, -0.05) is 114 Å². The average molecular weight is 384 g/mol. The standard InChI is InChI=1S/C27H45N/c1-3-4-5-6-7-8-9-10-11-12-13-14-15-16-17-19-22-26(2)28-25-27-23-20-18-21-24-27/h10-11,18,20-21,23-24,28H,2-9,12-17,19,22,25H2,1H3. The Bertz CT molecular complexity index is 488. The van der Waals surface area contributed by atoms with Gasteiger partial charge in [-0.15, -0.1) is 0 Å². The summed E-state index contributed by atoms with van der Waals surface area (Å²) in [5.74, 6) is 0. The van der Waals surface area contributed by atoms with Crippen LogP contribution in [0.15, 0.2) is 54.8 Å². The van der Waals surface area contributed by atoms with Gasteiger partial charge in [0, 0.05) is 12.2 Å². The molecule has 0 aliphatic rings. The molecule has 0 atom stereocenters. The Hall–Kier alpha value is -1.50. The molecule has 0 unspecified atom stereocenters. The summed E-state index contributed by atoms with van der Waals surface area (Å²) in [4.78, 5) is 0. The quantitative estimate of drug-likeness (QED) is 0.186.